The predicted octanol–water partition coefficient (Wildman–Crippen LogP) is 4.98. The first-order chi connectivity index (χ1) is 10.3. The Kier molecular flexibility index (Phi) is 4.17. The molecular formula is C18H14ClNO. The van der Waals surface area contributed by atoms with Crippen molar-refractivity contribution in [3.05, 3.63) is 83.6 Å². The summed E-state index contributed by atoms with van der Waals surface area (Å²) in [6.07, 6.45) is 1.73. The first-order valence-corrected chi connectivity index (χ1v) is 7.08. The van der Waals surface area contributed by atoms with Gasteiger partial charge in [0, 0.05) is 17.3 Å². The largest absolute Gasteiger partial charge is 0.488 e. The fraction of sp³-hybridized carbons (Fsp3) is 0.0556. The second-order valence-electron chi connectivity index (χ2n) is 4.64. The highest BCUT2D eigenvalue weighted by Gasteiger charge is 2.05. The van der Waals surface area contributed by atoms with Crippen LogP contribution in [0.15, 0.2) is 72.9 Å². The molecule has 0 aliphatic carbocycles. The first-order valence-electron chi connectivity index (χ1n) is 6.70. The van der Waals surface area contributed by atoms with Crippen LogP contribution in [0.4, 0.5) is 0 Å². The molecule has 1 aromatic heterocycles. The van der Waals surface area contributed by atoms with Gasteiger partial charge in [0.25, 0.3) is 0 Å². The van der Waals surface area contributed by atoms with Crippen molar-refractivity contribution in [2.24, 2.45) is 0 Å². The molecule has 0 unspecified atom stereocenters. The van der Waals surface area contributed by atoms with Gasteiger partial charge in [0.05, 0.1) is 0 Å². The van der Waals surface area contributed by atoms with Crippen LogP contribution in [-0.2, 0) is 6.61 Å². The lowest BCUT2D eigenvalue weighted by molar-refractivity contribution is 0.307. The Bertz CT molecular complexity index is 711. The van der Waals surface area contributed by atoms with Crippen LogP contribution in [0.3, 0.4) is 0 Å². The Labute approximate surface area is 129 Å². The average molecular weight is 296 g/mol. The SMILES string of the molecule is Clc1ccc(COc2ccccc2-c2ccccc2)cn1. The van der Waals surface area contributed by atoms with Crippen molar-refractivity contribution >= 4 is 11.6 Å². The lowest BCUT2D eigenvalue weighted by Crippen LogP contribution is -1.97. The lowest BCUT2D eigenvalue weighted by atomic mass is 10.1. The molecule has 3 aromatic rings. The van der Waals surface area contributed by atoms with Crippen molar-refractivity contribution in [3.8, 4) is 16.9 Å². The van der Waals surface area contributed by atoms with Crippen LogP contribution in [0.2, 0.25) is 5.15 Å². The molecule has 0 aliphatic rings. The van der Waals surface area contributed by atoms with Gasteiger partial charge in [-0.3, -0.25) is 0 Å². The van der Waals surface area contributed by atoms with Gasteiger partial charge in [-0.05, 0) is 17.7 Å². The number of pyridine rings is 1. The topological polar surface area (TPSA) is 22.1 Å². The molecule has 2 aromatic carbocycles. The number of hydrogen-bond donors (Lipinski definition) is 0. The summed E-state index contributed by atoms with van der Waals surface area (Å²) >= 11 is 5.78. The zero-order valence-electron chi connectivity index (χ0n) is 11.4. The van der Waals surface area contributed by atoms with Gasteiger partial charge in [0.15, 0.2) is 0 Å². The van der Waals surface area contributed by atoms with E-state index in [-0.39, 0.29) is 0 Å². The maximum atomic E-state index is 5.93. The van der Waals surface area contributed by atoms with Gasteiger partial charge in [-0.15, -0.1) is 0 Å². The summed E-state index contributed by atoms with van der Waals surface area (Å²) < 4.78 is 5.93. The van der Waals surface area contributed by atoms with Gasteiger partial charge < -0.3 is 4.74 Å². The molecule has 104 valence electrons. The first kappa shape index (κ1) is 13.7. The smallest absolute Gasteiger partial charge is 0.129 e. The van der Waals surface area contributed by atoms with Crippen LogP contribution >= 0.6 is 11.6 Å². The van der Waals surface area contributed by atoms with Crippen LogP contribution in [0.5, 0.6) is 5.75 Å². The van der Waals surface area contributed by atoms with Crippen LogP contribution in [0.25, 0.3) is 11.1 Å². The minimum atomic E-state index is 0.466. The molecule has 3 rings (SSSR count). The predicted molar refractivity (Wildman–Crippen MR) is 85.5 cm³/mol. The Morgan fingerprint density at radius 2 is 1.62 bits per heavy atom. The molecular weight excluding hydrogens is 282 g/mol. The lowest BCUT2D eigenvalue weighted by Gasteiger charge is -2.11. The van der Waals surface area contributed by atoms with E-state index in [0.717, 1.165) is 22.4 Å². The van der Waals surface area contributed by atoms with Gasteiger partial charge in [0.1, 0.15) is 17.5 Å². The monoisotopic (exact) mass is 295 g/mol. The summed E-state index contributed by atoms with van der Waals surface area (Å²) in [7, 11) is 0. The number of para-hydroxylation sites is 1. The Morgan fingerprint density at radius 1 is 0.857 bits per heavy atom. The molecule has 0 N–H and O–H groups in total. The Morgan fingerprint density at radius 3 is 2.38 bits per heavy atom. The van der Waals surface area contributed by atoms with E-state index in [1.807, 2.05) is 42.5 Å². The highest BCUT2D eigenvalue weighted by atomic mass is 35.5. The molecule has 0 bridgehead atoms. The maximum Gasteiger partial charge on any atom is 0.129 e. The van der Waals surface area contributed by atoms with E-state index in [9.17, 15) is 0 Å². The minimum absolute atomic E-state index is 0.466. The summed E-state index contributed by atoms with van der Waals surface area (Å²) in [4.78, 5) is 4.06. The van der Waals surface area contributed by atoms with Crippen molar-refractivity contribution < 1.29 is 4.74 Å². The van der Waals surface area contributed by atoms with Crippen LogP contribution in [-0.4, -0.2) is 4.98 Å². The van der Waals surface area contributed by atoms with Gasteiger partial charge in [-0.25, -0.2) is 4.98 Å². The number of hydrogen-bond acceptors (Lipinski definition) is 2. The van der Waals surface area contributed by atoms with Crippen LogP contribution < -0.4 is 4.74 Å². The van der Waals surface area contributed by atoms with E-state index < -0.39 is 0 Å². The third-order valence-corrected chi connectivity index (χ3v) is 3.38. The molecule has 0 saturated heterocycles. The van der Waals surface area contributed by atoms with Crippen LogP contribution in [0.1, 0.15) is 5.56 Å². The number of benzene rings is 2. The van der Waals surface area contributed by atoms with E-state index in [0.29, 0.717) is 11.8 Å². The number of halogens is 1. The Balaban J connectivity index is 1.81. The van der Waals surface area contributed by atoms with E-state index in [1.54, 1.807) is 12.3 Å². The maximum absolute atomic E-state index is 5.93. The average Bonchev–Trinajstić information content (AvgIpc) is 2.55. The summed E-state index contributed by atoms with van der Waals surface area (Å²) in [5.74, 6) is 0.860. The second kappa shape index (κ2) is 6.42. The highest BCUT2D eigenvalue weighted by Crippen LogP contribution is 2.30. The molecule has 0 saturated carbocycles. The fourth-order valence-electron chi connectivity index (χ4n) is 2.10. The molecule has 2 nitrogen and oxygen atoms in total. The van der Waals surface area contributed by atoms with Crippen molar-refractivity contribution in [1.29, 1.82) is 0 Å². The molecule has 21 heavy (non-hydrogen) atoms. The normalized spacial score (nSPS) is 10.3. The second-order valence-corrected chi connectivity index (χ2v) is 5.03. The highest BCUT2D eigenvalue weighted by molar-refractivity contribution is 6.29. The molecule has 0 spiro atoms. The summed E-state index contributed by atoms with van der Waals surface area (Å²) in [6, 6.07) is 21.9. The molecule has 0 radical (unpaired) electrons. The Hall–Kier alpha value is -2.32. The van der Waals surface area contributed by atoms with Crippen molar-refractivity contribution in [2.45, 2.75) is 6.61 Å². The van der Waals surface area contributed by atoms with E-state index in [4.69, 9.17) is 16.3 Å². The number of ether oxygens (including phenoxy) is 1. The van der Waals surface area contributed by atoms with Crippen molar-refractivity contribution in [1.82, 2.24) is 4.98 Å². The summed E-state index contributed by atoms with van der Waals surface area (Å²) in [5, 5.41) is 0.489. The molecule has 3 heteroatoms. The van der Waals surface area contributed by atoms with E-state index in [2.05, 4.69) is 23.2 Å². The van der Waals surface area contributed by atoms with Gasteiger partial charge >= 0.3 is 0 Å². The van der Waals surface area contributed by atoms with Gasteiger partial charge in [0.2, 0.25) is 0 Å². The van der Waals surface area contributed by atoms with E-state index in [1.165, 1.54) is 0 Å². The van der Waals surface area contributed by atoms with Crippen LogP contribution in [0, 0.1) is 0 Å². The summed E-state index contributed by atoms with van der Waals surface area (Å²) in [5.41, 5.74) is 3.21. The molecule has 0 atom stereocenters. The molecule has 1 heterocycles. The van der Waals surface area contributed by atoms with Crippen molar-refractivity contribution in [3.63, 3.8) is 0 Å². The standard InChI is InChI=1S/C18H14ClNO/c19-18-11-10-14(12-20-18)13-21-17-9-5-4-8-16(17)15-6-2-1-3-7-15/h1-12H,13H2. The van der Waals surface area contributed by atoms with Gasteiger partial charge in [-0.1, -0.05) is 66.2 Å². The molecule has 0 fully saturated rings. The third-order valence-electron chi connectivity index (χ3n) is 3.15. The molecule has 0 aliphatic heterocycles. The van der Waals surface area contributed by atoms with E-state index >= 15 is 0 Å². The number of nitrogens with zero attached hydrogens (tertiary/aromatic N) is 1. The fourth-order valence-corrected chi connectivity index (χ4v) is 2.21. The summed E-state index contributed by atoms with van der Waals surface area (Å²) in [6.45, 7) is 0.466. The molecule has 0 amide bonds. The third kappa shape index (κ3) is 3.41. The quantitative estimate of drug-likeness (QED) is 0.633. The zero-order valence-corrected chi connectivity index (χ0v) is 12.1. The van der Waals surface area contributed by atoms with Crippen molar-refractivity contribution in [2.75, 3.05) is 0 Å². The van der Waals surface area contributed by atoms with Gasteiger partial charge in [-0.2, -0.15) is 0 Å². The number of aromatic nitrogens is 1. The number of rotatable bonds is 4. The minimum Gasteiger partial charge on any atom is -0.488 e. The zero-order chi connectivity index (χ0) is 14.5.